The first kappa shape index (κ1) is 10.1. The Balaban J connectivity index is 2.23. The van der Waals surface area contributed by atoms with Gasteiger partial charge in [0.05, 0.1) is 5.69 Å². The summed E-state index contributed by atoms with van der Waals surface area (Å²) in [5.41, 5.74) is 1.47. The van der Waals surface area contributed by atoms with E-state index in [4.69, 9.17) is 0 Å². The van der Waals surface area contributed by atoms with Crippen molar-refractivity contribution in [1.29, 1.82) is 0 Å². The maximum atomic E-state index is 11.2. The number of imidazole rings is 1. The monoisotopic (exact) mass is 232 g/mol. The SMILES string of the molecule is O=C(O)c1nc2n(c1-c1ccn[nH]1)CCCC2. The molecule has 3 heterocycles. The number of aromatic carboxylic acids is 1. The van der Waals surface area contributed by atoms with Gasteiger partial charge in [-0.15, -0.1) is 0 Å². The zero-order valence-electron chi connectivity index (χ0n) is 9.18. The molecule has 2 aromatic rings. The molecule has 0 unspecified atom stereocenters. The van der Waals surface area contributed by atoms with Gasteiger partial charge in [0.15, 0.2) is 5.69 Å². The minimum atomic E-state index is -0.989. The molecular weight excluding hydrogens is 220 g/mol. The molecule has 0 saturated carbocycles. The van der Waals surface area contributed by atoms with Gasteiger partial charge in [-0.25, -0.2) is 9.78 Å². The number of nitrogens with zero attached hydrogens (tertiary/aromatic N) is 3. The van der Waals surface area contributed by atoms with Crippen LogP contribution in [0.4, 0.5) is 0 Å². The Hall–Kier alpha value is -2.11. The summed E-state index contributed by atoms with van der Waals surface area (Å²) in [4.78, 5) is 15.4. The lowest BCUT2D eigenvalue weighted by atomic mass is 10.1. The number of H-pyrrole nitrogens is 1. The average molecular weight is 232 g/mol. The molecule has 88 valence electrons. The first-order chi connectivity index (χ1) is 8.27. The van der Waals surface area contributed by atoms with Gasteiger partial charge in [-0.2, -0.15) is 5.10 Å². The summed E-state index contributed by atoms with van der Waals surface area (Å²) in [7, 11) is 0. The molecule has 17 heavy (non-hydrogen) atoms. The predicted octanol–water partition coefficient (Wildman–Crippen LogP) is 1.31. The van der Waals surface area contributed by atoms with E-state index in [1.54, 1.807) is 12.3 Å². The van der Waals surface area contributed by atoms with Crippen LogP contribution < -0.4 is 0 Å². The summed E-state index contributed by atoms with van der Waals surface area (Å²) in [6.07, 6.45) is 4.58. The standard InChI is InChI=1S/C11H12N4O2/c16-11(17)9-10(7-4-5-12-14-7)15-6-2-1-3-8(15)13-9/h4-5H,1-3,6H2,(H,12,14)(H,16,17). The number of rotatable bonds is 2. The summed E-state index contributed by atoms with van der Waals surface area (Å²) in [6.45, 7) is 0.823. The van der Waals surface area contributed by atoms with Gasteiger partial charge in [0.1, 0.15) is 11.5 Å². The quantitative estimate of drug-likeness (QED) is 0.817. The minimum Gasteiger partial charge on any atom is -0.476 e. The highest BCUT2D eigenvalue weighted by Gasteiger charge is 2.25. The Morgan fingerprint density at radius 2 is 2.35 bits per heavy atom. The Bertz CT molecular complexity index is 556. The van der Waals surface area contributed by atoms with Gasteiger partial charge in [0, 0.05) is 19.2 Å². The van der Waals surface area contributed by atoms with Crippen molar-refractivity contribution in [3.05, 3.63) is 23.8 Å². The molecule has 0 saturated heterocycles. The van der Waals surface area contributed by atoms with Crippen LogP contribution >= 0.6 is 0 Å². The molecule has 6 heteroatoms. The van der Waals surface area contributed by atoms with E-state index in [9.17, 15) is 9.90 Å². The Morgan fingerprint density at radius 3 is 3.06 bits per heavy atom. The maximum Gasteiger partial charge on any atom is 0.356 e. The fourth-order valence-corrected chi connectivity index (χ4v) is 2.29. The molecule has 1 aliphatic rings. The molecule has 0 aromatic carbocycles. The van der Waals surface area contributed by atoms with E-state index in [2.05, 4.69) is 15.2 Å². The molecule has 1 aliphatic heterocycles. The average Bonchev–Trinajstić information content (AvgIpc) is 2.94. The van der Waals surface area contributed by atoms with Crippen molar-refractivity contribution in [3.8, 4) is 11.4 Å². The smallest absolute Gasteiger partial charge is 0.356 e. The van der Waals surface area contributed by atoms with E-state index >= 15 is 0 Å². The lowest BCUT2D eigenvalue weighted by molar-refractivity contribution is 0.0691. The second kappa shape index (κ2) is 3.73. The summed E-state index contributed by atoms with van der Waals surface area (Å²) in [5, 5.41) is 15.9. The normalized spacial score (nSPS) is 14.6. The number of carboxylic acids is 1. The van der Waals surface area contributed by atoms with Crippen molar-refractivity contribution in [3.63, 3.8) is 0 Å². The molecule has 0 spiro atoms. The topological polar surface area (TPSA) is 83.8 Å². The van der Waals surface area contributed by atoms with Crippen LogP contribution in [0.1, 0.15) is 29.2 Å². The van der Waals surface area contributed by atoms with Crippen LogP contribution in [0.5, 0.6) is 0 Å². The summed E-state index contributed by atoms with van der Waals surface area (Å²) < 4.78 is 1.99. The first-order valence-corrected chi connectivity index (χ1v) is 5.60. The number of aromatic nitrogens is 4. The van der Waals surface area contributed by atoms with Gasteiger partial charge in [0.2, 0.25) is 0 Å². The van der Waals surface area contributed by atoms with E-state index < -0.39 is 5.97 Å². The van der Waals surface area contributed by atoms with Crippen LogP contribution in [0, 0.1) is 0 Å². The van der Waals surface area contributed by atoms with Crippen molar-refractivity contribution in [1.82, 2.24) is 19.7 Å². The molecule has 0 atom stereocenters. The molecule has 0 fully saturated rings. The molecule has 0 bridgehead atoms. The number of aryl methyl sites for hydroxylation is 1. The van der Waals surface area contributed by atoms with Gasteiger partial charge in [-0.1, -0.05) is 0 Å². The Kier molecular flexibility index (Phi) is 2.21. The number of hydrogen-bond acceptors (Lipinski definition) is 3. The van der Waals surface area contributed by atoms with E-state index in [1.165, 1.54) is 0 Å². The molecular formula is C11H12N4O2. The van der Waals surface area contributed by atoms with Crippen molar-refractivity contribution in [2.75, 3.05) is 0 Å². The number of hydrogen-bond donors (Lipinski definition) is 2. The Morgan fingerprint density at radius 1 is 1.47 bits per heavy atom. The number of carboxylic acid groups (broad SMARTS) is 1. The molecule has 6 nitrogen and oxygen atoms in total. The van der Waals surface area contributed by atoms with Crippen LogP contribution in [-0.2, 0) is 13.0 Å². The summed E-state index contributed by atoms with van der Waals surface area (Å²) in [5.74, 6) is -0.130. The number of aromatic amines is 1. The number of nitrogens with one attached hydrogen (secondary N) is 1. The molecule has 3 rings (SSSR count). The molecule has 2 aromatic heterocycles. The van der Waals surface area contributed by atoms with E-state index in [-0.39, 0.29) is 5.69 Å². The zero-order valence-corrected chi connectivity index (χ0v) is 9.18. The van der Waals surface area contributed by atoms with E-state index in [0.29, 0.717) is 11.4 Å². The second-order valence-corrected chi connectivity index (χ2v) is 4.11. The summed E-state index contributed by atoms with van der Waals surface area (Å²) in [6, 6.07) is 1.77. The Labute approximate surface area is 97.3 Å². The van der Waals surface area contributed by atoms with Crippen molar-refractivity contribution >= 4 is 5.97 Å². The fourth-order valence-electron chi connectivity index (χ4n) is 2.29. The molecule has 2 N–H and O–H groups in total. The van der Waals surface area contributed by atoms with E-state index in [0.717, 1.165) is 31.6 Å². The van der Waals surface area contributed by atoms with Gasteiger partial charge < -0.3 is 9.67 Å². The first-order valence-electron chi connectivity index (χ1n) is 5.60. The minimum absolute atomic E-state index is 0.117. The van der Waals surface area contributed by atoms with Crippen molar-refractivity contribution < 1.29 is 9.90 Å². The largest absolute Gasteiger partial charge is 0.476 e. The highest BCUT2D eigenvalue weighted by atomic mass is 16.4. The zero-order chi connectivity index (χ0) is 11.8. The van der Waals surface area contributed by atoms with Gasteiger partial charge >= 0.3 is 5.97 Å². The highest BCUT2D eigenvalue weighted by Crippen LogP contribution is 2.27. The third-order valence-electron chi connectivity index (χ3n) is 3.04. The van der Waals surface area contributed by atoms with Crippen molar-refractivity contribution in [2.24, 2.45) is 0 Å². The molecule has 0 radical (unpaired) electrons. The summed E-state index contributed by atoms with van der Waals surface area (Å²) >= 11 is 0. The van der Waals surface area contributed by atoms with Crippen LogP contribution in [0.25, 0.3) is 11.4 Å². The fraction of sp³-hybridized carbons (Fsp3) is 0.364. The van der Waals surface area contributed by atoms with E-state index in [1.807, 2.05) is 4.57 Å². The van der Waals surface area contributed by atoms with Crippen molar-refractivity contribution in [2.45, 2.75) is 25.8 Å². The van der Waals surface area contributed by atoms with Crippen LogP contribution in [-0.4, -0.2) is 30.8 Å². The lowest BCUT2D eigenvalue weighted by Crippen LogP contribution is -2.11. The highest BCUT2D eigenvalue weighted by molar-refractivity contribution is 5.92. The number of fused-ring (bicyclic) bond motifs is 1. The second-order valence-electron chi connectivity index (χ2n) is 4.11. The van der Waals surface area contributed by atoms with Gasteiger partial charge in [-0.3, -0.25) is 5.10 Å². The van der Waals surface area contributed by atoms with Crippen LogP contribution in [0.15, 0.2) is 12.3 Å². The maximum absolute atomic E-state index is 11.2. The third kappa shape index (κ3) is 1.52. The van der Waals surface area contributed by atoms with Crippen LogP contribution in [0.2, 0.25) is 0 Å². The van der Waals surface area contributed by atoms with Gasteiger partial charge in [-0.05, 0) is 18.9 Å². The van der Waals surface area contributed by atoms with Crippen LogP contribution in [0.3, 0.4) is 0 Å². The van der Waals surface area contributed by atoms with Gasteiger partial charge in [0.25, 0.3) is 0 Å². The number of carbonyl (C=O) groups is 1. The predicted molar refractivity (Wildman–Crippen MR) is 59.7 cm³/mol. The third-order valence-corrected chi connectivity index (χ3v) is 3.04. The molecule has 0 amide bonds. The lowest BCUT2D eigenvalue weighted by Gasteiger charge is -2.15. The molecule has 0 aliphatic carbocycles.